The van der Waals surface area contributed by atoms with Crippen LogP contribution in [0.3, 0.4) is 0 Å². The smallest absolute Gasteiger partial charge is 0.248 e. The number of aromatic nitrogens is 6. The number of hydrogen-bond acceptors (Lipinski definition) is 21. The lowest BCUT2D eigenvalue weighted by molar-refractivity contribution is -0.133. The van der Waals surface area contributed by atoms with Gasteiger partial charge in [0.1, 0.15) is 55.1 Å². The molecular formula is C56H62N16O6. The normalized spacial score (nSPS) is 19.9. The molecule has 2 atom stereocenters. The van der Waals surface area contributed by atoms with Gasteiger partial charge in [-0.05, 0) is 97.9 Å². The standard InChI is InChI=1S/C29H32N8O4.C27H30N8O2/c30-14-21-13-20(1-6-26(21)41-25-7-8-37(15-25)27(39)16-38)28-31-19-32-29(34-28)33-22-2-4-23(5-3-22)35-9-11-36(12-10-35)24-17-40-18-24;28-14-20-13-19(1-6-25(20)37-24-7-8-29-15-24)26-30-18-31-27(33-26)32-21-2-4-22(5-3-21)34-9-11-35(12-10-34)23-16-36-17-23/h1-6,13,19,24-25,38H,7-12,15-18H2,(H,31,32,33,34);1-6,13,18,23-24,29H,7-12,15-17H2,(H,30,31,32,33)/t25-;24-/m11/s1. The number of benzene rings is 4. The number of carbonyl (C=O) groups excluding carboxylic acids is 1. The number of hydrogen-bond donors (Lipinski definition) is 4. The van der Waals surface area contributed by atoms with E-state index >= 15 is 0 Å². The lowest BCUT2D eigenvalue weighted by Gasteiger charge is -2.43. The monoisotopic (exact) mass is 1050 g/mol. The van der Waals surface area contributed by atoms with Gasteiger partial charge in [-0.15, -0.1) is 0 Å². The summed E-state index contributed by atoms with van der Waals surface area (Å²) in [5.74, 6) is 2.47. The molecule has 2 aromatic heterocycles. The predicted octanol–water partition coefficient (Wildman–Crippen LogP) is 4.06. The number of likely N-dealkylation sites (tertiary alicyclic amines) is 1. The first kappa shape index (κ1) is 52.0. The molecule has 12 rings (SSSR count). The Labute approximate surface area is 452 Å². The van der Waals surface area contributed by atoms with E-state index in [0.29, 0.717) is 83.3 Å². The van der Waals surface area contributed by atoms with Gasteiger partial charge < -0.3 is 54.7 Å². The fourth-order valence-electron chi connectivity index (χ4n) is 10.3. The van der Waals surface area contributed by atoms with E-state index in [2.05, 4.69) is 102 Å². The first-order chi connectivity index (χ1) is 38.3. The van der Waals surface area contributed by atoms with Gasteiger partial charge >= 0.3 is 0 Å². The summed E-state index contributed by atoms with van der Waals surface area (Å²) in [6, 6.07) is 32.9. The third kappa shape index (κ3) is 12.5. The lowest BCUT2D eigenvalue weighted by atomic mass is 10.1. The van der Waals surface area contributed by atoms with Gasteiger partial charge in [0.2, 0.25) is 17.8 Å². The molecule has 0 spiro atoms. The third-order valence-electron chi connectivity index (χ3n) is 15.0. The first-order valence-corrected chi connectivity index (χ1v) is 26.6. The van der Waals surface area contributed by atoms with Crippen LogP contribution in [0.25, 0.3) is 22.8 Å². The van der Waals surface area contributed by atoms with Crippen LogP contribution in [0.4, 0.5) is 34.6 Å². The van der Waals surface area contributed by atoms with E-state index in [-0.39, 0.29) is 18.1 Å². The highest BCUT2D eigenvalue weighted by molar-refractivity contribution is 5.77. The first-order valence-electron chi connectivity index (χ1n) is 26.6. The van der Waals surface area contributed by atoms with E-state index in [0.717, 1.165) is 115 Å². The minimum absolute atomic E-state index is 0.0874. The van der Waals surface area contributed by atoms with Crippen LogP contribution in [-0.4, -0.2) is 191 Å². The molecule has 1 amide bonds. The number of ether oxygens (including phenoxy) is 4. The van der Waals surface area contributed by atoms with Crippen LogP contribution in [0.5, 0.6) is 11.5 Å². The maximum Gasteiger partial charge on any atom is 0.248 e. The van der Waals surface area contributed by atoms with E-state index < -0.39 is 6.61 Å². The Morgan fingerprint density at radius 3 is 1.54 bits per heavy atom. The molecule has 6 aliphatic heterocycles. The average molecular weight is 1060 g/mol. The minimum atomic E-state index is -0.520. The van der Waals surface area contributed by atoms with E-state index in [1.807, 2.05) is 36.4 Å². The van der Waals surface area contributed by atoms with Crippen LogP contribution < -0.4 is 35.2 Å². The molecule has 0 aliphatic carbocycles. The van der Waals surface area contributed by atoms with Gasteiger partial charge in [-0.25, -0.2) is 19.9 Å². The second kappa shape index (κ2) is 24.5. The van der Waals surface area contributed by atoms with Crippen molar-refractivity contribution in [1.29, 1.82) is 10.5 Å². The summed E-state index contributed by atoms with van der Waals surface area (Å²) in [4.78, 5) is 49.5. The Bertz CT molecular complexity index is 3090. The van der Waals surface area contributed by atoms with E-state index in [1.165, 1.54) is 24.0 Å². The summed E-state index contributed by atoms with van der Waals surface area (Å²) in [5.41, 5.74) is 6.38. The Hall–Kier alpha value is -8.09. The highest BCUT2D eigenvalue weighted by atomic mass is 16.5. The van der Waals surface area contributed by atoms with Gasteiger partial charge in [-0.3, -0.25) is 14.6 Å². The topological polar surface area (TPSA) is 251 Å². The molecule has 0 radical (unpaired) electrons. The van der Waals surface area contributed by atoms with Crippen LogP contribution in [0.15, 0.2) is 97.6 Å². The van der Waals surface area contributed by atoms with E-state index in [9.17, 15) is 15.3 Å². The van der Waals surface area contributed by atoms with Gasteiger partial charge in [0, 0.05) is 106 Å². The van der Waals surface area contributed by atoms with Crippen molar-refractivity contribution < 1.29 is 28.8 Å². The second-order valence-corrected chi connectivity index (χ2v) is 19.9. The number of nitriles is 2. The number of piperazine rings is 2. The summed E-state index contributed by atoms with van der Waals surface area (Å²) in [6.07, 6.45) is 4.33. The zero-order valence-corrected chi connectivity index (χ0v) is 43.3. The molecule has 0 unspecified atom stereocenters. The maximum atomic E-state index is 11.7. The number of aliphatic hydroxyl groups is 1. The molecule has 8 heterocycles. The number of nitrogens with one attached hydrogen (secondary N) is 3. The van der Waals surface area contributed by atoms with Crippen molar-refractivity contribution in [1.82, 2.24) is 49.9 Å². The van der Waals surface area contributed by atoms with Crippen LogP contribution in [0, 0.1) is 22.7 Å². The number of nitrogens with zero attached hydrogens (tertiary/aromatic N) is 13. The summed E-state index contributed by atoms with van der Waals surface area (Å²) in [5, 5.41) is 38.3. The SMILES string of the molecule is N#Cc1cc(-c2ncnc(Nc3ccc(N4CCN(C5COC5)CC4)cc3)n2)ccc1O[C@@H]1CCN(C(=O)CO)C1.N#Cc1cc(-c2ncnc(Nc3ccc(N4CCN(C5COC5)CC4)cc3)n2)ccc1O[C@@H]1CCNC1. The van der Waals surface area contributed by atoms with Gasteiger partial charge in [-0.2, -0.15) is 20.5 Å². The van der Waals surface area contributed by atoms with Gasteiger partial charge in [0.05, 0.1) is 56.2 Å². The average Bonchev–Trinajstić information content (AvgIpc) is 4.19. The minimum Gasteiger partial charge on any atom is -0.488 e. The quantitative estimate of drug-likeness (QED) is 0.113. The van der Waals surface area contributed by atoms with Crippen LogP contribution in [0.1, 0.15) is 24.0 Å². The Balaban J connectivity index is 0.000000166. The summed E-state index contributed by atoms with van der Waals surface area (Å²) in [6.45, 7) is 13.8. The molecule has 6 aromatic rings. The summed E-state index contributed by atoms with van der Waals surface area (Å²) in [7, 11) is 0. The molecule has 78 heavy (non-hydrogen) atoms. The summed E-state index contributed by atoms with van der Waals surface area (Å²) >= 11 is 0. The maximum absolute atomic E-state index is 11.7. The second-order valence-electron chi connectivity index (χ2n) is 19.9. The lowest BCUT2D eigenvalue weighted by Crippen LogP contribution is -2.56. The molecule has 6 aliphatic rings. The van der Waals surface area contributed by atoms with Crippen LogP contribution in [-0.2, 0) is 14.3 Å². The number of rotatable bonds is 15. The fraction of sp³-hybridized carbons (Fsp3) is 0.411. The van der Waals surface area contributed by atoms with Gasteiger partial charge in [0.25, 0.3) is 0 Å². The molecule has 6 fully saturated rings. The molecule has 22 heteroatoms. The van der Waals surface area contributed by atoms with Crippen molar-refractivity contribution in [3.63, 3.8) is 0 Å². The van der Waals surface area contributed by atoms with Crippen molar-refractivity contribution in [2.24, 2.45) is 0 Å². The zero-order chi connectivity index (χ0) is 53.2. The van der Waals surface area contributed by atoms with E-state index in [4.69, 9.17) is 24.1 Å². The number of aliphatic hydroxyl groups excluding tert-OH is 1. The van der Waals surface area contributed by atoms with Crippen molar-refractivity contribution in [3.8, 4) is 46.4 Å². The molecule has 6 saturated heterocycles. The van der Waals surface area contributed by atoms with Crippen molar-refractivity contribution in [2.75, 3.05) is 132 Å². The van der Waals surface area contributed by atoms with Crippen molar-refractivity contribution >= 4 is 40.6 Å². The highest BCUT2D eigenvalue weighted by Crippen LogP contribution is 2.30. The zero-order valence-electron chi connectivity index (χ0n) is 43.3. The molecule has 402 valence electrons. The Morgan fingerprint density at radius 1 is 0.628 bits per heavy atom. The van der Waals surface area contributed by atoms with Crippen LogP contribution >= 0.6 is 0 Å². The molecular weight excluding hydrogens is 993 g/mol. The van der Waals surface area contributed by atoms with Crippen LogP contribution in [0.2, 0.25) is 0 Å². The molecule has 22 nitrogen and oxygen atoms in total. The number of anilines is 6. The molecule has 0 saturated carbocycles. The largest absolute Gasteiger partial charge is 0.488 e. The Kier molecular flexibility index (Phi) is 16.3. The fourth-order valence-corrected chi connectivity index (χ4v) is 10.3. The van der Waals surface area contributed by atoms with Crippen molar-refractivity contribution in [2.45, 2.75) is 37.1 Å². The third-order valence-corrected chi connectivity index (χ3v) is 15.0. The van der Waals surface area contributed by atoms with Crippen molar-refractivity contribution in [3.05, 3.63) is 109 Å². The molecule has 0 bridgehead atoms. The van der Waals surface area contributed by atoms with E-state index in [1.54, 1.807) is 29.2 Å². The molecule has 4 N–H and O–H groups in total. The predicted molar refractivity (Wildman–Crippen MR) is 291 cm³/mol. The number of amides is 1. The summed E-state index contributed by atoms with van der Waals surface area (Å²) < 4.78 is 22.7. The van der Waals surface area contributed by atoms with Gasteiger partial charge in [-0.1, -0.05) is 0 Å². The molecule has 4 aromatic carbocycles. The Morgan fingerprint density at radius 2 is 1.12 bits per heavy atom. The highest BCUT2D eigenvalue weighted by Gasteiger charge is 2.31. The van der Waals surface area contributed by atoms with Gasteiger partial charge in [0.15, 0.2) is 11.6 Å². The number of carbonyl (C=O) groups is 1.